The Hall–Kier alpha value is -1.93. The van der Waals surface area contributed by atoms with E-state index in [2.05, 4.69) is 21.2 Å². The van der Waals surface area contributed by atoms with Crippen LogP contribution in [0.15, 0.2) is 46.9 Å². The second kappa shape index (κ2) is 5.81. The summed E-state index contributed by atoms with van der Waals surface area (Å²) in [7, 11) is 0. The largest absolute Gasteiger partial charge is 0.366 e. The first kappa shape index (κ1) is 13.5. The van der Waals surface area contributed by atoms with Crippen LogP contribution in [0, 0.1) is 23.0 Å². The molecule has 2 aromatic rings. The van der Waals surface area contributed by atoms with E-state index in [4.69, 9.17) is 5.26 Å². The molecule has 1 unspecified atom stereocenters. The molecule has 2 aromatic carbocycles. The molecule has 5 heteroatoms. The summed E-state index contributed by atoms with van der Waals surface area (Å²) < 4.78 is 26.9. The molecular formula is C14H9BrF2N2. The Bertz CT molecular complexity index is 620. The van der Waals surface area contributed by atoms with Crippen molar-refractivity contribution in [1.82, 2.24) is 0 Å². The maximum Gasteiger partial charge on any atom is 0.159 e. The first-order valence-electron chi connectivity index (χ1n) is 5.47. The van der Waals surface area contributed by atoms with Crippen LogP contribution < -0.4 is 5.32 Å². The van der Waals surface area contributed by atoms with Gasteiger partial charge in [0.25, 0.3) is 0 Å². The van der Waals surface area contributed by atoms with Gasteiger partial charge in [0.1, 0.15) is 6.04 Å². The maximum atomic E-state index is 13.1. The van der Waals surface area contributed by atoms with Gasteiger partial charge < -0.3 is 5.32 Å². The molecule has 0 saturated heterocycles. The van der Waals surface area contributed by atoms with Crippen LogP contribution in [0.5, 0.6) is 0 Å². The van der Waals surface area contributed by atoms with Crippen molar-refractivity contribution in [2.75, 3.05) is 5.32 Å². The molecule has 0 aliphatic rings. The Balaban J connectivity index is 2.23. The molecule has 0 aliphatic carbocycles. The standard InChI is InChI=1S/C14H9BrF2N2/c15-10-2-4-11(5-3-10)19-14(8-18)9-1-6-12(16)13(17)7-9/h1-7,14,19H. The van der Waals surface area contributed by atoms with Crippen LogP contribution in [-0.4, -0.2) is 0 Å². The molecule has 0 heterocycles. The molecule has 0 aromatic heterocycles. The van der Waals surface area contributed by atoms with Gasteiger partial charge in [-0.3, -0.25) is 0 Å². The molecule has 0 spiro atoms. The number of nitriles is 1. The highest BCUT2D eigenvalue weighted by molar-refractivity contribution is 9.10. The van der Waals surface area contributed by atoms with Crippen LogP contribution in [0.1, 0.15) is 11.6 Å². The van der Waals surface area contributed by atoms with E-state index in [-0.39, 0.29) is 0 Å². The number of hydrogen-bond donors (Lipinski definition) is 1. The molecule has 2 nitrogen and oxygen atoms in total. The third kappa shape index (κ3) is 3.30. The summed E-state index contributed by atoms with van der Waals surface area (Å²) in [6, 6.07) is 11.9. The molecule has 0 saturated carbocycles. The second-order valence-electron chi connectivity index (χ2n) is 3.89. The molecule has 96 valence electrons. The monoisotopic (exact) mass is 322 g/mol. The highest BCUT2D eigenvalue weighted by atomic mass is 79.9. The zero-order chi connectivity index (χ0) is 13.8. The van der Waals surface area contributed by atoms with E-state index in [1.54, 1.807) is 12.1 Å². The lowest BCUT2D eigenvalue weighted by atomic mass is 10.1. The number of nitrogens with one attached hydrogen (secondary N) is 1. The zero-order valence-electron chi connectivity index (χ0n) is 9.70. The minimum absolute atomic E-state index is 0.379. The lowest BCUT2D eigenvalue weighted by molar-refractivity contribution is 0.507. The molecule has 1 N–H and O–H groups in total. The lowest BCUT2D eigenvalue weighted by Gasteiger charge is -2.13. The number of benzene rings is 2. The number of nitrogens with zero attached hydrogens (tertiary/aromatic N) is 1. The molecule has 0 fully saturated rings. The minimum atomic E-state index is -0.963. The molecule has 0 radical (unpaired) electrons. The molecule has 19 heavy (non-hydrogen) atoms. The van der Waals surface area contributed by atoms with E-state index in [0.717, 1.165) is 22.3 Å². The normalized spacial score (nSPS) is 11.7. The number of rotatable bonds is 3. The van der Waals surface area contributed by atoms with E-state index in [9.17, 15) is 8.78 Å². The maximum absolute atomic E-state index is 13.1. The van der Waals surface area contributed by atoms with E-state index in [1.165, 1.54) is 6.07 Å². The number of hydrogen-bond acceptors (Lipinski definition) is 2. The first-order chi connectivity index (χ1) is 9.10. The molecule has 2 rings (SSSR count). The van der Waals surface area contributed by atoms with Gasteiger partial charge in [-0.05, 0) is 42.0 Å². The summed E-state index contributed by atoms with van der Waals surface area (Å²) >= 11 is 3.31. The summed E-state index contributed by atoms with van der Waals surface area (Å²) in [6.45, 7) is 0. The minimum Gasteiger partial charge on any atom is -0.366 e. The Morgan fingerprint density at radius 3 is 2.32 bits per heavy atom. The summed E-state index contributed by atoms with van der Waals surface area (Å²) in [6.07, 6.45) is 0. The molecular weight excluding hydrogens is 314 g/mol. The second-order valence-corrected chi connectivity index (χ2v) is 4.80. The van der Waals surface area contributed by atoms with Gasteiger partial charge in [0.15, 0.2) is 11.6 Å². The van der Waals surface area contributed by atoms with Crippen LogP contribution in [-0.2, 0) is 0 Å². The SMILES string of the molecule is N#CC(Nc1ccc(Br)cc1)c1ccc(F)c(F)c1. The molecule has 0 bridgehead atoms. The summed E-state index contributed by atoms with van der Waals surface area (Å²) in [5.41, 5.74) is 1.10. The fourth-order valence-corrected chi connectivity index (χ4v) is 1.86. The van der Waals surface area contributed by atoms with Crippen molar-refractivity contribution < 1.29 is 8.78 Å². The van der Waals surface area contributed by atoms with E-state index < -0.39 is 17.7 Å². The van der Waals surface area contributed by atoms with E-state index >= 15 is 0 Å². The van der Waals surface area contributed by atoms with Crippen LogP contribution in [0.3, 0.4) is 0 Å². The Morgan fingerprint density at radius 2 is 1.74 bits per heavy atom. The zero-order valence-corrected chi connectivity index (χ0v) is 11.3. The van der Waals surface area contributed by atoms with Crippen molar-refractivity contribution >= 4 is 21.6 Å². The number of anilines is 1. The van der Waals surface area contributed by atoms with Crippen molar-refractivity contribution in [3.63, 3.8) is 0 Å². The molecule has 1 atom stereocenters. The third-order valence-electron chi connectivity index (χ3n) is 2.56. The van der Waals surface area contributed by atoms with Crippen LogP contribution >= 0.6 is 15.9 Å². The first-order valence-corrected chi connectivity index (χ1v) is 6.26. The van der Waals surface area contributed by atoms with Crippen molar-refractivity contribution in [2.24, 2.45) is 0 Å². The van der Waals surface area contributed by atoms with Gasteiger partial charge in [0.2, 0.25) is 0 Å². The van der Waals surface area contributed by atoms with Gasteiger partial charge in [-0.2, -0.15) is 5.26 Å². The van der Waals surface area contributed by atoms with E-state index in [1.807, 2.05) is 18.2 Å². The van der Waals surface area contributed by atoms with Crippen LogP contribution in [0.25, 0.3) is 0 Å². The van der Waals surface area contributed by atoms with Crippen LogP contribution in [0.4, 0.5) is 14.5 Å². The predicted octanol–water partition coefficient (Wildman–Crippen LogP) is 4.40. The molecule has 0 amide bonds. The van der Waals surface area contributed by atoms with Gasteiger partial charge in [0, 0.05) is 10.2 Å². The summed E-state index contributed by atoms with van der Waals surface area (Å²) in [5.74, 6) is -1.89. The van der Waals surface area contributed by atoms with Gasteiger partial charge in [-0.15, -0.1) is 0 Å². The number of halogens is 3. The Labute approximate surface area is 117 Å². The highest BCUT2D eigenvalue weighted by Crippen LogP contribution is 2.22. The summed E-state index contributed by atoms with van der Waals surface area (Å²) in [4.78, 5) is 0. The van der Waals surface area contributed by atoms with E-state index in [0.29, 0.717) is 5.56 Å². The quantitative estimate of drug-likeness (QED) is 0.908. The Kier molecular flexibility index (Phi) is 4.13. The Morgan fingerprint density at radius 1 is 1.05 bits per heavy atom. The average Bonchev–Trinajstić information content (AvgIpc) is 2.41. The fraction of sp³-hybridized carbons (Fsp3) is 0.0714. The van der Waals surface area contributed by atoms with Crippen LogP contribution in [0.2, 0.25) is 0 Å². The van der Waals surface area contributed by atoms with Gasteiger partial charge in [-0.1, -0.05) is 22.0 Å². The fourth-order valence-electron chi connectivity index (χ4n) is 1.59. The van der Waals surface area contributed by atoms with Crippen molar-refractivity contribution in [3.8, 4) is 6.07 Å². The smallest absolute Gasteiger partial charge is 0.159 e. The predicted molar refractivity (Wildman–Crippen MR) is 72.5 cm³/mol. The van der Waals surface area contributed by atoms with Crippen molar-refractivity contribution in [3.05, 3.63) is 64.1 Å². The van der Waals surface area contributed by atoms with Crippen molar-refractivity contribution in [1.29, 1.82) is 5.26 Å². The third-order valence-corrected chi connectivity index (χ3v) is 3.09. The highest BCUT2D eigenvalue weighted by Gasteiger charge is 2.13. The topological polar surface area (TPSA) is 35.8 Å². The van der Waals surface area contributed by atoms with Gasteiger partial charge in [-0.25, -0.2) is 8.78 Å². The van der Waals surface area contributed by atoms with Gasteiger partial charge >= 0.3 is 0 Å². The van der Waals surface area contributed by atoms with Crippen molar-refractivity contribution in [2.45, 2.75) is 6.04 Å². The summed E-state index contributed by atoms with van der Waals surface area (Å²) in [5, 5.41) is 12.1. The average molecular weight is 323 g/mol. The molecule has 0 aliphatic heterocycles. The van der Waals surface area contributed by atoms with Gasteiger partial charge in [0.05, 0.1) is 6.07 Å². The lowest BCUT2D eigenvalue weighted by Crippen LogP contribution is -2.09.